The molecule has 0 aliphatic rings. The summed E-state index contributed by atoms with van der Waals surface area (Å²) in [5.74, 6) is 0.960. The van der Waals surface area contributed by atoms with Gasteiger partial charge in [-0.1, -0.05) is 187 Å². The third-order valence-electron chi connectivity index (χ3n) is 15.0. The van der Waals surface area contributed by atoms with Crippen LogP contribution >= 0.6 is 0 Å². The Kier molecular flexibility index (Phi) is 22.3. The smallest absolute Gasteiger partial charge is 0.311 e. The number of aromatic amines is 2. The summed E-state index contributed by atoms with van der Waals surface area (Å²) in [7, 11) is -14.5. The van der Waals surface area contributed by atoms with E-state index in [1.54, 1.807) is 0 Å². The fourth-order valence-electron chi connectivity index (χ4n) is 9.91. The van der Waals surface area contributed by atoms with Gasteiger partial charge in [0.05, 0.1) is 22.6 Å². The Morgan fingerprint density at radius 3 is 1.31 bits per heavy atom. The monoisotopic (exact) mass is 1190 g/mol. The second kappa shape index (κ2) is 25.9. The molecule has 78 heavy (non-hydrogen) atoms. The maximum atomic E-state index is 6.98. The van der Waals surface area contributed by atoms with Crippen molar-refractivity contribution < 1.29 is 16.5 Å². The lowest BCUT2D eigenvalue weighted by Gasteiger charge is -2.39. The number of hydrogen-bond donors (Lipinski definition) is 2. The van der Waals surface area contributed by atoms with E-state index in [0.29, 0.717) is 0 Å². The molecule has 0 saturated heterocycles. The van der Waals surface area contributed by atoms with E-state index in [1.165, 1.54) is 60.4 Å². The number of hydrogen-bond acceptors (Lipinski definition) is 5. The lowest BCUT2D eigenvalue weighted by atomic mass is 9.87. The molecule has 0 fully saturated rings. The van der Waals surface area contributed by atoms with Gasteiger partial charge in [-0.25, -0.2) is 4.98 Å². The first kappa shape index (κ1) is 67.2. The lowest BCUT2D eigenvalue weighted by molar-refractivity contribution is 0.394. The first-order valence-electron chi connectivity index (χ1n) is 28.5. The molecular weight excluding hydrogens is 1090 g/mol. The predicted octanol–water partition coefficient (Wildman–Crippen LogP) is 16.0. The number of H-pyrrole nitrogens is 2. The van der Waals surface area contributed by atoms with E-state index >= 15 is 0 Å². The van der Waals surface area contributed by atoms with Crippen LogP contribution in [0.15, 0.2) is 115 Å². The SMILES string of the molecule is C=C[Si](C)(C)O[Si](C)(C)O[Si](C)(C)c1ccc(C(C)(C)C)cc1.Cc1cc(-c2ccc([SiH](C)C)cc2)[nH]c1C.Cc1nc(-c2ccc([Si](C)(C)CC[Si](C)(C)O[Si](C)(C)O[Si](C)(C)c3ccc(C(C)(C)C)cc3)cc2)[nH]c1C. The number of aromatic nitrogens is 3. The van der Waals surface area contributed by atoms with Crippen molar-refractivity contribution >= 4 is 88.0 Å². The highest BCUT2D eigenvalue weighted by Gasteiger charge is 2.42. The van der Waals surface area contributed by atoms with Crippen molar-refractivity contribution in [3.05, 3.63) is 149 Å². The number of aryl methyl sites for hydroxylation is 4. The zero-order valence-electron chi connectivity index (χ0n) is 53.7. The molecule has 0 unspecified atom stereocenters. The van der Waals surface area contributed by atoms with Crippen LogP contribution in [-0.4, -0.2) is 82.2 Å². The highest BCUT2D eigenvalue weighted by molar-refractivity contribution is 6.95. The Labute approximate surface area is 484 Å². The van der Waals surface area contributed by atoms with Crippen LogP contribution in [0.4, 0.5) is 0 Å². The molecule has 2 heterocycles. The van der Waals surface area contributed by atoms with E-state index in [1.807, 2.05) is 5.70 Å². The first-order valence-corrected chi connectivity index (χ1v) is 52.2. The van der Waals surface area contributed by atoms with Crippen molar-refractivity contribution in [1.82, 2.24) is 15.0 Å². The standard InChI is InChI=1S/C31H52N2O2Si4.C18H34O2Si3.C14H19NSi/c1-24-25(2)33-30(32-24)26-14-18-28(19-15-26)36(6,7)22-23-37(8,9)34-39(12,13)35-38(10,11)29-20-16-27(17-21-29)31(3,4)5;1-11-21(5,6)19-23(9,10)20-22(7,8)17-14-12-16(13-15-17)18(2,3)4;1-10-9-14(15-11(10)2)12-5-7-13(8-6-12)16(3)4/h14-21H,22-23H2,1-13H3,(H,32,33);11-15H,1H2,2-10H3;5-9,15-16H,1-4H3. The average Bonchev–Trinajstić information content (AvgIpc) is 3.84. The number of nitrogens with zero attached hydrogens (tertiary/aromatic N) is 1. The topological polar surface area (TPSA) is 81.4 Å². The second-order valence-corrected chi connectivity index (χ2v) is 59.5. The Hall–Kier alpha value is -3.31. The normalized spacial score (nSPS) is 13.2. The van der Waals surface area contributed by atoms with Gasteiger partial charge < -0.3 is 26.4 Å². The fourth-order valence-corrected chi connectivity index (χ4v) is 42.1. The summed E-state index contributed by atoms with van der Waals surface area (Å²) in [6, 6.07) is 40.8. The van der Waals surface area contributed by atoms with Gasteiger partial charge in [0, 0.05) is 22.6 Å². The third kappa shape index (κ3) is 20.0. The van der Waals surface area contributed by atoms with Gasteiger partial charge in [-0.15, -0.1) is 6.58 Å². The van der Waals surface area contributed by atoms with Crippen molar-refractivity contribution in [2.24, 2.45) is 0 Å². The molecule has 0 spiro atoms. The molecule has 6 rings (SSSR count). The van der Waals surface area contributed by atoms with Gasteiger partial charge in [0.25, 0.3) is 0 Å². The van der Waals surface area contributed by atoms with E-state index in [0.717, 1.165) is 28.8 Å². The van der Waals surface area contributed by atoms with Crippen LogP contribution in [0.5, 0.6) is 0 Å². The summed E-state index contributed by atoms with van der Waals surface area (Å²) in [4.78, 5) is 11.5. The minimum Gasteiger partial charge on any atom is -0.437 e. The van der Waals surface area contributed by atoms with E-state index < -0.39 is 67.3 Å². The summed E-state index contributed by atoms with van der Waals surface area (Å²) in [5, 5.41) is 5.70. The van der Waals surface area contributed by atoms with E-state index in [4.69, 9.17) is 16.5 Å². The molecule has 7 nitrogen and oxygen atoms in total. The molecule has 4 aromatic carbocycles. The maximum Gasteiger partial charge on any atom is 0.311 e. The fraction of sp³-hybridized carbons (Fsp3) is 0.476. The van der Waals surface area contributed by atoms with Crippen LogP contribution < -0.4 is 20.7 Å². The molecule has 0 aliphatic heterocycles. The quantitative estimate of drug-likeness (QED) is 0.0838. The maximum absolute atomic E-state index is 6.98. The number of nitrogens with one attached hydrogen (secondary N) is 2. The molecule has 2 aromatic heterocycles. The number of imidazole rings is 1. The van der Waals surface area contributed by atoms with E-state index in [2.05, 4.69) is 299 Å². The molecule has 0 bridgehead atoms. The molecule has 0 radical (unpaired) electrons. The molecule has 2 N–H and O–H groups in total. The van der Waals surface area contributed by atoms with E-state index in [-0.39, 0.29) is 10.8 Å². The molecule has 0 amide bonds. The Balaban J connectivity index is 0.000000282. The molecule has 15 heteroatoms. The molecule has 0 aliphatic carbocycles. The van der Waals surface area contributed by atoms with Crippen LogP contribution in [0.25, 0.3) is 22.6 Å². The summed E-state index contributed by atoms with van der Waals surface area (Å²) < 4.78 is 26.9. The van der Waals surface area contributed by atoms with Crippen LogP contribution in [-0.2, 0) is 27.3 Å². The van der Waals surface area contributed by atoms with Gasteiger partial charge in [0.15, 0.2) is 16.6 Å². The van der Waals surface area contributed by atoms with Gasteiger partial charge in [-0.2, -0.15) is 0 Å². The van der Waals surface area contributed by atoms with Gasteiger partial charge in [-0.3, -0.25) is 0 Å². The van der Waals surface area contributed by atoms with Crippen molar-refractivity contribution in [3.63, 3.8) is 0 Å². The average molecular weight is 1190 g/mol. The lowest BCUT2D eigenvalue weighted by Crippen LogP contribution is -2.57. The Bertz CT molecular complexity index is 2830. The summed E-state index contributed by atoms with van der Waals surface area (Å²) in [5.41, 5.74) is 13.5. The highest BCUT2D eigenvalue weighted by atomic mass is 28.5. The second-order valence-electron chi connectivity index (χ2n) is 28.0. The molecular formula is C63H105N3O4Si8. The summed E-state index contributed by atoms with van der Waals surface area (Å²) >= 11 is 0. The van der Waals surface area contributed by atoms with E-state index in [9.17, 15) is 0 Å². The van der Waals surface area contributed by atoms with Crippen LogP contribution in [0.3, 0.4) is 0 Å². The van der Waals surface area contributed by atoms with Crippen LogP contribution in [0.1, 0.15) is 75.3 Å². The first-order chi connectivity index (χ1) is 35.5. The van der Waals surface area contributed by atoms with Crippen molar-refractivity contribution in [2.75, 3.05) is 0 Å². The molecule has 6 aromatic rings. The van der Waals surface area contributed by atoms with Crippen molar-refractivity contribution in [1.29, 1.82) is 0 Å². The number of rotatable bonds is 18. The molecule has 428 valence electrons. The summed E-state index contributed by atoms with van der Waals surface area (Å²) in [6.45, 7) is 62.6. The largest absolute Gasteiger partial charge is 0.437 e. The zero-order chi connectivity index (χ0) is 59.3. The molecule has 0 saturated carbocycles. The Morgan fingerprint density at radius 1 is 0.513 bits per heavy atom. The van der Waals surface area contributed by atoms with Gasteiger partial charge in [-0.05, 0) is 162 Å². The zero-order valence-corrected chi connectivity index (χ0v) is 61.8. The highest BCUT2D eigenvalue weighted by Crippen LogP contribution is 2.30. The van der Waals surface area contributed by atoms with Gasteiger partial charge >= 0.3 is 17.1 Å². The minimum absolute atomic E-state index is 0.161. The van der Waals surface area contributed by atoms with Crippen molar-refractivity contribution in [3.8, 4) is 22.6 Å². The third-order valence-corrected chi connectivity index (χ3v) is 42.8. The van der Waals surface area contributed by atoms with Gasteiger partial charge in [0.1, 0.15) is 5.82 Å². The molecule has 0 atom stereocenters. The summed E-state index contributed by atoms with van der Waals surface area (Å²) in [6.07, 6.45) is 0. The van der Waals surface area contributed by atoms with Crippen LogP contribution in [0, 0.1) is 27.7 Å². The Morgan fingerprint density at radius 2 is 0.936 bits per heavy atom. The minimum atomic E-state index is -2.30. The van der Waals surface area contributed by atoms with Crippen molar-refractivity contribution in [2.45, 2.75) is 197 Å². The predicted molar refractivity (Wildman–Crippen MR) is 363 cm³/mol. The number of benzene rings is 4. The van der Waals surface area contributed by atoms with Crippen LogP contribution in [0.2, 0.25) is 117 Å². The van der Waals surface area contributed by atoms with Gasteiger partial charge in [0.2, 0.25) is 16.6 Å².